The van der Waals surface area contributed by atoms with E-state index in [1.165, 1.54) is 11.8 Å². The topological polar surface area (TPSA) is 40.5 Å². The van der Waals surface area contributed by atoms with E-state index in [9.17, 15) is 4.79 Å². The quantitative estimate of drug-likeness (QED) is 0.841. The molecule has 1 aromatic rings. The number of aliphatic hydroxyl groups is 1. The van der Waals surface area contributed by atoms with Crippen LogP contribution in [-0.4, -0.2) is 28.7 Å². The average Bonchev–Trinajstić information content (AvgIpc) is 2.98. The first-order chi connectivity index (χ1) is 9.20. The molecule has 102 valence electrons. The third kappa shape index (κ3) is 3.85. The summed E-state index contributed by atoms with van der Waals surface area (Å²) in [5.41, 5.74) is 2.05. The van der Waals surface area contributed by atoms with Crippen LogP contribution >= 0.6 is 11.8 Å². The monoisotopic (exact) mass is 277 g/mol. The summed E-state index contributed by atoms with van der Waals surface area (Å²) in [7, 11) is 1.86. The predicted octanol–water partition coefficient (Wildman–Crippen LogP) is 2.80. The number of benzene rings is 1. The Hall–Kier alpha value is -1.26. The first-order valence-corrected chi connectivity index (χ1v) is 7.47. The molecule has 0 aliphatic heterocycles. The van der Waals surface area contributed by atoms with Gasteiger partial charge in [0.1, 0.15) is 0 Å². The first kappa shape index (κ1) is 14.2. The molecule has 1 aliphatic rings. The minimum absolute atomic E-state index is 0.0563. The Kier molecular flexibility index (Phi) is 5.05. The van der Waals surface area contributed by atoms with Gasteiger partial charge in [-0.25, -0.2) is 0 Å². The summed E-state index contributed by atoms with van der Waals surface area (Å²) >= 11 is 1.53. The number of carbonyl (C=O) groups excluding carboxylic acids is 1. The molecule has 1 aliphatic carbocycles. The summed E-state index contributed by atoms with van der Waals surface area (Å²) in [5, 5.41) is 8.97. The van der Waals surface area contributed by atoms with Gasteiger partial charge in [-0.15, -0.1) is 11.8 Å². The Morgan fingerprint density at radius 3 is 2.68 bits per heavy atom. The summed E-state index contributed by atoms with van der Waals surface area (Å²) in [6.07, 6.45) is 5.40. The van der Waals surface area contributed by atoms with Crippen molar-refractivity contribution in [3.63, 3.8) is 0 Å². The molecule has 0 saturated carbocycles. The van der Waals surface area contributed by atoms with Crippen molar-refractivity contribution in [1.29, 1.82) is 0 Å². The van der Waals surface area contributed by atoms with Gasteiger partial charge in [0.25, 0.3) is 0 Å². The number of amides is 1. The molecular weight excluding hydrogens is 258 g/mol. The van der Waals surface area contributed by atoms with E-state index in [2.05, 4.69) is 6.08 Å². The van der Waals surface area contributed by atoms with Crippen molar-refractivity contribution in [3.05, 3.63) is 41.6 Å². The zero-order valence-corrected chi connectivity index (χ0v) is 11.9. The number of carbonyl (C=O) groups is 1. The number of aliphatic hydroxyl groups excluding tert-OH is 1. The number of nitrogens with zero attached hydrogens (tertiary/aromatic N) is 1. The predicted molar refractivity (Wildman–Crippen MR) is 77.8 cm³/mol. The van der Waals surface area contributed by atoms with Crippen LogP contribution in [0.2, 0.25) is 0 Å². The van der Waals surface area contributed by atoms with Crippen LogP contribution in [0.25, 0.3) is 0 Å². The molecule has 0 heterocycles. The Labute approximate surface area is 118 Å². The molecule has 19 heavy (non-hydrogen) atoms. The number of thioether (sulfide) groups is 1. The molecule has 2 rings (SSSR count). The Morgan fingerprint density at radius 2 is 2.11 bits per heavy atom. The Morgan fingerprint density at radius 1 is 1.37 bits per heavy atom. The van der Waals surface area contributed by atoms with Gasteiger partial charge in [-0.2, -0.15) is 0 Å². The highest BCUT2D eigenvalue weighted by molar-refractivity contribution is 8.00. The summed E-state index contributed by atoms with van der Waals surface area (Å²) in [4.78, 5) is 14.9. The van der Waals surface area contributed by atoms with Crippen molar-refractivity contribution in [3.8, 4) is 0 Å². The fraction of sp³-hybridized carbons (Fsp3) is 0.400. The lowest BCUT2D eigenvalue weighted by Gasteiger charge is -2.18. The summed E-state index contributed by atoms with van der Waals surface area (Å²) < 4.78 is 0. The van der Waals surface area contributed by atoms with Gasteiger partial charge in [0.2, 0.25) is 5.91 Å². The van der Waals surface area contributed by atoms with Crippen LogP contribution < -0.4 is 0 Å². The highest BCUT2D eigenvalue weighted by Crippen LogP contribution is 2.23. The molecule has 0 unspecified atom stereocenters. The first-order valence-electron chi connectivity index (χ1n) is 6.49. The summed E-state index contributed by atoms with van der Waals surface area (Å²) in [6, 6.07) is 7.66. The third-order valence-corrected chi connectivity index (χ3v) is 4.29. The molecule has 0 radical (unpaired) electrons. The summed E-state index contributed by atoms with van der Waals surface area (Å²) in [5.74, 6) is 0.594. The lowest BCUT2D eigenvalue weighted by Crippen LogP contribution is -2.26. The molecule has 1 N–H and O–H groups in total. The molecule has 1 amide bonds. The maximum atomic E-state index is 12.1. The van der Waals surface area contributed by atoms with E-state index < -0.39 is 0 Å². The van der Waals surface area contributed by atoms with Crippen LogP contribution in [0.15, 0.2) is 40.9 Å². The van der Waals surface area contributed by atoms with Crippen LogP contribution in [0.3, 0.4) is 0 Å². The average molecular weight is 277 g/mol. The highest BCUT2D eigenvalue weighted by Gasteiger charge is 2.15. The number of rotatable bonds is 5. The standard InChI is InChI=1S/C15H19NO2S/c1-16(13-4-2-3-5-13)15(18)11-19-14-8-6-12(10-17)7-9-14/h4,6-9,17H,2-3,5,10-11H2,1H3. The van der Waals surface area contributed by atoms with E-state index in [-0.39, 0.29) is 12.5 Å². The van der Waals surface area contributed by atoms with E-state index in [4.69, 9.17) is 5.11 Å². The zero-order chi connectivity index (χ0) is 13.7. The minimum Gasteiger partial charge on any atom is -0.392 e. The second kappa shape index (κ2) is 6.78. The molecule has 0 fully saturated rings. The SMILES string of the molecule is CN(C(=O)CSc1ccc(CO)cc1)C1=CCCC1. The lowest BCUT2D eigenvalue weighted by molar-refractivity contribution is -0.125. The fourth-order valence-electron chi connectivity index (χ4n) is 2.05. The van der Waals surface area contributed by atoms with Crippen LogP contribution in [0.1, 0.15) is 24.8 Å². The molecule has 0 atom stereocenters. The minimum atomic E-state index is 0.0563. The molecule has 4 heteroatoms. The smallest absolute Gasteiger partial charge is 0.236 e. The fourth-order valence-corrected chi connectivity index (χ4v) is 2.86. The van der Waals surface area contributed by atoms with Gasteiger partial charge in [-0.1, -0.05) is 18.2 Å². The van der Waals surface area contributed by atoms with Gasteiger partial charge in [0.15, 0.2) is 0 Å². The van der Waals surface area contributed by atoms with E-state index in [1.54, 1.807) is 4.90 Å². The number of hydrogen-bond donors (Lipinski definition) is 1. The van der Waals surface area contributed by atoms with Gasteiger partial charge in [0, 0.05) is 17.6 Å². The molecule has 1 aromatic carbocycles. The van der Waals surface area contributed by atoms with Gasteiger partial charge < -0.3 is 10.0 Å². The normalized spacial score (nSPS) is 14.3. The van der Waals surface area contributed by atoms with Crippen molar-refractivity contribution in [2.24, 2.45) is 0 Å². The molecule has 0 saturated heterocycles. The lowest BCUT2D eigenvalue weighted by atomic mass is 10.2. The number of hydrogen-bond acceptors (Lipinski definition) is 3. The largest absolute Gasteiger partial charge is 0.392 e. The molecule has 0 spiro atoms. The van der Waals surface area contributed by atoms with Crippen molar-refractivity contribution in [2.45, 2.75) is 30.8 Å². The van der Waals surface area contributed by atoms with E-state index in [1.807, 2.05) is 31.3 Å². The Balaban J connectivity index is 1.85. The van der Waals surface area contributed by atoms with Crippen molar-refractivity contribution in [2.75, 3.05) is 12.8 Å². The maximum Gasteiger partial charge on any atom is 0.236 e. The summed E-state index contributed by atoms with van der Waals surface area (Å²) in [6.45, 7) is 0.0563. The molecule has 0 bridgehead atoms. The molecule has 0 aromatic heterocycles. The van der Waals surface area contributed by atoms with Crippen LogP contribution in [-0.2, 0) is 11.4 Å². The van der Waals surface area contributed by atoms with E-state index >= 15 is 0 Å². The van der Waals surface area contributed by atoms with Crippen molar-refractivity contribution in [1.82, 2.24) is 4.90 Å². The van der Waals surface area contributed by atoms with Crippen LogP contribution in [0.4, 0.5) is 0 Å². The third-order valence-electron chi connectivity index (χ3n) is 3.29. The van der Waals surface area contributed by atoms with Crippen molar-refractivity contribution < 1.29 is 9.90 Å². The maximum absolute atomic E-state index is 12.1. The van der Waals surface area contributed by atoms with Gasteiger partial charge in [0.05, 0.1) is 12.4 Å². The molecule has 3 nitrogen and oxygen atoms in total. The van der Waals surface area contributed by atoms with Gasteiger partial charge >= 0.3 is 0 Å². The second-order valence-corrected chi connectivity index (χ2v) is 5.68. The van der Waals surface area contributed by atoms with Crippen LogP contribution in [0, 0.1) is 0 Å². The highest BCUT2D eigenvalue weighted by atomic mass is 32.2. The van der Waals surface area contributed by atoms with Gasteiger partial charge in [-0.3, -0.25) is 4.79 Å². The number of allylic oxidation sites excluding steroid dienone is 2. The van der Waals surface area contributed by atoms with E-state index in [0.29, 0.717) is 5.75 Å². The van der Waals surface area contributed by atoms with Gasteiger partial charge in [-0.05, 0) is 37.0 Å². The van der Waals surface area contributed by atoms with Crippen LogP contribution in [0.5, 0.6) is 0 Å². The van der Waals surface area contributed by atoms with Crippen molar-refractivity contribution >= 4 is 17.7 Å². The Bertz CT molecular complexity index is 468. The zero-order valence-electron chi connectivity index (χ0n) is 11.1. The second-order valence-electron chi connectivity index (χ2n) is 4.63. The van der Waals surface area contributed by atoms with E-state index in [0.717, 1.165) is 35.4 Å². The molecular formula is C15H19NO2S.